The summed E-state index contributed by atoms with van der Waals surface area (Å²) in [5.41, 5.74) is 1.53. The number of hydrogen-bond donors (Lipinski definition) is 3. The number of tetrazole rings is 1. The molecule has 0 saturated carbocycles. The second-order valence-electron chi connectivity index (χ2n) is 7.23. The lowest BCUT2D eigenvalue weighted by Gasteiger charge is -2.14. The zero-order chi connectivity index (χ0) is 22.6. The highest BCUT2D eigenvalue weighted by Gasteiger charge is 2.30. The SMILES string of the molecule is Cc1ccc(NC(=O)Nc2ncc(C(C)S(=O)(=O)c3nn[nH]n3)s2)c(OCC(C)C)c1. The van der Waals surface area contributed by atoms with Gasteiger partial charge < -0.3 is 10.1 Å². The van der Waals surface area contributed by atoms with Crippen LogP contribution >= 0.6 is 11.3 Å². The smallest absolute Gasteiger partial charge is 0.325 e. The molecule has 166 valence electrons. The van der Waals surface area contributed by atoms with Crippen LogP contribution in [0.3, 0.4) is 0 Å². The first kappa shape index (κ1) is 22.6. The number of aromatic amines is 1. The van der Waals surface area contributed by atoms with Crippen LogP contribution in [0.2, 0.25) is 0 Å². The van der Waals surface area contributed by atoms with Crippen molar-refractivity contribution < 1.29 is 17.9 Å². The molecule has 3 N–H and O–H groups in total. The number of benzene rings is 1. The van der Waals surface area contributed by atoms with Gasteiger partial charge in [-0.05, 0) is 42.7 Å². The van der Waals surface area contributed by atoms with E-state index in [2.05, 4.69) is 36.2 Å². The number of anilines is 2. The van der Waals surface area contributed by atoms with Crippen molar-refractivity contribution in [3.8, 4) is 5.75 Å². The molecule has 3 aromatic rings. The number of thiazole rings is 1. The number of nitrogens with one attached hydrogen (secondary N) is 3. The number of sulfone groups is 1. The average molecular weight is 466 g/mol. The van der Waals surface area contributed by atoms with Crippen molar-refractivity contribution in [2.75, 3.05) is 17.2 Å². The fourth-order valence-corrected chi connectivity index (χ4v) is 4.75. The van der Waals surface area contributed by atoms with Crippen molar-refractivity contribution in [2.24, 2.45) is 5.92 Å². The van der Waals surface area contributed by atoms with Crippen molar-refractivity contribution in [1.82, 2.24) is 25.6 Å². The summed E-state index contributed by atoms with van der Waals surface area (Å²) in [6.45, 7) is 8.02. The fraction of sp³-hybridized carbons (Fsp3) is 0.389. The molecule has 0 aliphatic carbocycles. The topological polar surface area (TPSA) is 152 Å². The van der Waals surface area contributed by atoms with Gasteiger partial charge in [0.15, 0.2) is 5.13 Å². The molecule has 0 radical (unpaired) electrons. The van der Waals surface area contributed by atoms with Gasteiger partial charge in [0, 0.05) is 11.1 Å². The van der Waals surface area contributed by atoms with Crippen LogP contribution in [0.25, 0.3) is 0 Å². The number of carbonyl (C=O) groups is 1. The standard InChI is InChI=1S/C18H23N7O4S2/c1-10(2)9-29-14-7-11(3)5-6-13(14)20-16(26)21-17-19-8-15(30-17)12(4)31(27,28)18-22-24-25-23-18/h5-8,10,12H,9H2,1-4H3,(H2,19,20,21,26)(H,22,23,24,25). The van der Waals surface area contributed by atoms with Crippen LogP contribution in [0.15, 0.2) is 29.6 Å². The summed E-state index contributed by atoms with van der Waals surface area (Å²) in [7, 11) is -3.83. The van der Waals surface area contributed by atoms with E-state index in [0.29, 0.717) is 28.8 Å². The molecular formula is C18H23N7O4S2. The Morgan fingerprint density at radius 3 is 2.71 bits per heavy atom. The number of amides is 2. The van der Waals surface area contributed by atoms with Crippen LogP contribution < -0.4 is 15.4 Å². The lowest BCUT2D eigenvalue weighted by Crippen LogP contribution is -2.20. The maximum Gasteiger partial charge on any atom is 0.325 e. The zero-order valence-electron chi connectivity index (χ0n) is 17.4. The Morgan fingerprint density at radius 1 is 1.26 bits per heavy atom. The molecule has 31 heavy (non-hydrogen) atoms. The Kier molecular flexibility index (Phi) is 6.85. The zero-order valence-corrected chi connectivity index (χ0v) is 19.0. The van der Waals surface area contributed by atoms with Gasteiger partial charge in [0.25, 0.3) is 5.16 Å². The molecule has 1 aromatic carbocycles. The predicted octanol–water partition coefficient (Wildman–Crippen LogP) is 3.18. The summed E-state index contributed by atoms with van der Waals surface area (Å²) in [5.74, 6) is 0.908. The van der Waals surface area contributed by atoms with Gasteiger partial charge in [-0.1, -0.05) is 25.0 Å². The van der Waals surface area contributed by atoms with Crippen LogP contribution in [-0.2, 0) is 9.84 Å². The van der Waals surface area contributed by atoms with Crippen molar-refractivity contribution in [3.05, 3.63) is 34.8 Å². The Balaban J connectivity index is 1.68. The number of nitrogens with zero attached hydrogens (tertiary/aromatic N) is 4. The van der Waals surface area contributed by atoms with Gasteiger partial charge in [-0.15, -0.1) is 16.4 Å². The summed E-state index contributed by atoms with van der Waals surface area (Å²) >= 11 is 1.05. The number of hydrogen-bond acceptors (Lipinski definition) is 9. The monoisotopic (exact) mass is 465 g/mol. The molecule has 13 heteroatoms. The van der Waals surface area contributed by atoms with Gasteiger partial charge in [0.2, 0.25) is 9.84 Å². The van der Waals surface area contributed by atoms with Crippen molar-refractivity contribution in [1.29, 1.82) is 0 Å². The van der Waals surface area contributed by atoms with E-state index in [9.17, 15) is 13.2 Å². The van der Waals surface area contributed by atoms with Crippen molar-refractivity contribution >= 4 is 38.0 Å². The van der Waals surface area contributed by atoms with Gasteiger partial charge in [-0.3, -0.25) is 5.32 Å². The number of rotatable bonds is 8. The second kappa shape index (κ2) is 9.39. The van der Waals surface area contributed by atoms with E-state index < -0.39 is 26.3 Å². The van der Waals surface area contributed by atoms with Gasteiger partial charge >= 0.3 is 6.03 Å². The number of H-pyrrole nitrogens is 1. The van der Waals surface area contributed by atoms with Crippen LogP contribution in [0.5, 0.6) is 5.75 Å². The van der Waals surface area contributed by atoms with Gasteiger partial charge in [0.05, 0.1) is 12.3 Å². The molecule has 11 nitrogen and oxygen atoms in total. The van der Waals surface area contributed by atoms with Crippen LogP contribution in [0.1, 0.15) is 36.5 Å². The molecule has 3 rings (SSSR count). The van der Waals surface area contributed by atoms with Gasteiger partial charge in [-0.25, -0.2) is 18.2 Å². The first-order chi connectivity index (χ1) is 14.7. The van der Waals surface area contributed by atoms with Crippen LogP contribution in [0, 0.1) is 12.8 Å². The molecule has 0 bridgehead atoms. The molecule has 0 spiro atoms. The third-order valence-electron chi connectivity index (χ3n) is 4.15. The first-order valence-corrected chi connectivity index (χ1v) is 11.8. The molecule has 1 atom stereocenters. The summed E-state index contributed by atoms with van der Waals surface area (Å²) in [6, 6.07) is 4.96. The number of aryl methyl sites for hydroxylation is 1. The van der Waals surface area contributed by atoms with E-state index in [1.807, 2.05) is 32.9 Å². The second-order valence-corrected chi connectivity index (χ2v) is 10.5. The molecular weight excluding hydrogens is 442 g/mol. The molecule has 0 aliphatic rings. The Hall–Kier alpha value is -3.06. The minimum absolute atomic E-state index is 0.249. The lowest BCUT2D eigenvalue weighted by atomic mass is 10.2. The van der Waals surface area contributed by atoms with E-state index in [1.165, 1.54) is 13.1 Å². The molecule has 2 heterocycles. The molecule has 1 unspecified atom stereocenters. The van der Waals surface area contributed by atoms with Crippen LogP contribution in [0.4, 0.5) is 15.6 Å². The average Bonchev–Trinajstić information content (AvgIpc) is 3.40. The number of carbonyl (C=O) groups excluding carboxylic acids is 1. The van der Waals surface area contributed by atoms with Crippen LogP contribution in [-0.4, -0.2) is 46.7 Å². The Labute approximate surface area is 183 Å². The largest absolute Gasteiger partial charge is 0.491 e. The molecule has 2 amide bonds. The van der Waals surface area contributed by atoms with E-state index in [0.717, 1.165) is 16.9 Å². The normalized spacial score (nSPS) is 12.5. The molecule has 2 aromatic heterocycles. The lowest BCUT2D eigenvalue weighted by molar-refractivity contribution is 0.260. The Morgan fingerprint density at radius 2 is 2.03 bits per heavy atom. The summed E-state index contributed by atoms with van der Waals surface area (Å²) in [4.78, 5) is 17.0. The third kappa shape index (κ3) is 5.55. The van der Waals surface area contributed by atoms with Gasteiger partial charge in [0.1, 0.15) is 11.0 Å². The highest BCUT2D eigenvalue weighted by molar-refractivity contribution is 7.91. The number of aromatic nitrogens is 5. The van der Waals surface area contributed by atoms with E-state index >= 15 is 0 Å². The van der Waals surface area contributed by atoms with E-state index in [-0.39, 0.29) is 5.13 Å². The van der Waals surface area contributed by atoms with Gasteiger partial charge in [-0.2, -0.15) is 5.21 Å². The summed E-state index contributed by atoms with van der Waals surface area (Å²) < 4.78 is 30.8. The third-order valence-corrected chi connectivity index (χ3v) is 7.26. The fourth-order valence-electron chi connectivity index (χ4n) is 2.48. The maximum atomic E-state index is 12.5. The highest BCUT2D eigenvalue weighted by atomic mass is 32.2. The highest BCUT2D eigenvalue weighted by Crippen LogP contribution is 2.32. The van der Waals surface area contributed by atoms with E-state index in [4.69, 9.17) is 4.74 Å². The molecule has 0 fully saturated rings. The van der Waals surface area contributed by atoms with Crippen molar-refractivity contribution in [3.63, 3.8) is 0 Å². The van der Waals surface area contributed by atoms with E-state index in [1.54, 1.807) is 6.07 Å². The first-order valence-electron chi connectivity index (χ1n) is 9.41. The quantitative estimate of drug-likeness (QED) is 0.459. The van der Waals surface area contributed by atoms with Crippen molar-refractivity contribution in [2.45, 2.75) is 38.1 Å². The minimum atomic E-state index is -3.83. The number of urea groups is 1. The molecule has 0 saturated heterocycles. The summed E-state index contributed by atoms with van der Waals surface area (Å²) in [5, 5.41) is 16.7. The Bertz CT molecular complexity index is 1140. The predicted molar refractivity (Wildman–Crippen MR) is 116 cm³/mol. The summed E-state index contributed by atoms with van der Waals surface area (Å²) in [6.07, 6.45) is 1.39. The number of ether oxygens (including phenoxy) is 1. The minimum Gasteiger partial charge on any atom is -0.491 e. The maximum absolute atomic E-state index is 12.5. The molecule has 0 aliphatic heterocycles.